The second-order valence-electron chi connectivity index (χ2n) is 9.79. The molecule has 1 saturated carbocycles. The number of aryl methyl sites for hydroxylation is 1. The normalized spacial score (nSPS) is 20.4. The van der Waals surface area contributed by atoms with E-state index in [0.29, 0.717) is 30.5 Å². The lowest BCUT2D eigenvalue weighted by molar-refractivity contribution is -0.384. The number of benzene rings is 1. The van der Waals surface area contributed by atoms with Crippen molar-refractivity contribution in [3.63, 3.8) is 0 Å². The lowest BCUT2D eigenvalue weighted by Gasteiger charge is -2.36. The Morgan fingerprint density at radius 2 is 1.82 bits per heavy atom. The molecular formula is C25H27N5O3S. The van der Waals surface area contributed by atoms with Crippen LogP contribution in [0.2, 0.25) is 0 Å². The van der Waals surface area contributed by atoms with Crippen LogP contribution in [-0.4, -0.2) is 51.9 Å². The molecule has 2 aromatic heterocycles. The van der Waals surface area contributed by atoms with Gasteiger partial charge in [0.2, 0.25) is 0 Å². The fraction of sp³-hybridized carbons (Fsp3) is 0.480. The SMILES string of the molecule is CC1CCc2c(sc3nc(C4CC4)nc(N4CCN(C(=O)c5ccc([N+](=O)[O-])cc5)CC4)c23)C1. The zero-order chi connectivity index (χ0) is 23.4. The summed E-state index contributed by atoms with van der Waals surface area (Å²) >= 11 is 1.86. The van der Waals surface area contributed by atoms with Gasteiger partial charge in [0.05, 0.1) is 10.3 Å². The average molecular weight is 478 g/mol. The summed E-state index contributed by atoms with van der Waals surface area (Å²) in [5.74, 6) is 3.17. The maximum absolute atomic E-state index is 13.0. The number of nitro groups is 1. The molecule has 1 saturated heterocycles. The minimum atomic E-state index is -0.449. The number of aromatic nitrogens is 2. The predicted octanol–water partition coefficient (Wildman–Crippen LogP) is 4.56. The Balaban J connectivity index is 1.25. The molecule has 0 radical (unpaired) electrons. The van der Waals surface area contributed by atoms with E-state index in [0.717, 1.165) is 42.4 Å². The molecule has 1 amide bonds. The Kier molecular flexibility index (Phi) is 5.24. The highest BCUT2D eigenvalue weighted by Gasteiger charge is 2.32. The molecule has 0 bridgehead atoms. The summed E-state index contributed by atoms with van der Waals surface area (Å²) in [7, 11) is 0. The Morgan fingerprint density at radius 3 is 2.50 bits per heavy atom. The number of nitro benzene ring substituents is 1. The van der Waals surface area contributed by atoms with E-state index in [1.807, 2.05) is 16.2 Å². The van der Waals surface area contributed by atoms with Gasteiger partial charge in [-0.1, -0.05) is 6.92 Å². The monoisotopic (exact) mass is 477 g/mol. The molecule has 9 heteroatoms. The van der Waals surface area contributed by atoms with Gasteiger partial charge >= 0.3 is 0 Å². The van der Waals surface area contributed by atoms with E-state index in [-0.39, 0.29) is 11.6 Å². The number of hydrogen-bond acceptors (Lipinski definition) is 7. The third kappa shape index (κ3) is 3.81. The van der Waals surface area contributed by atoms with Crippen molar-refractivity contribution in [1.82, 2.24) is 14.9 Å². The highest BCUT2D eigenvalue weighted by molar-refractivity contribution is 7.19. The second-order valence-corrected chi connectivity index (χ2v) is 10.9. The van der Waals surface area contributed by atoms with Crippen LogP contribution >= 0.6 is 11.3 Å². The van der Waals surface area contributed by atoms with Crippen molar-refractivity contribution in [2.45, 2.75) is 44.9 Å². The Hall–Kier alpha value is -3.07. The summed E-state index contributed by atoms with van der Waals surface area (Å²) in [6.07, 6.45) is 5.77. The van der Waals surface area contributed by atoms with E-state index in [1.54, 1.807) is 12.1 Å². The van der Waals surface area contributed by atoms with E-state index >= 15 is 0 Å². The summed E-state index contributed by atoms with van der Waals surface area (Å²) in [5, 5.41) is 12.1. The lowest BCUT2D eigenvalue weighted by Crippen LogP contribution is -2.49. The number of piperazine rings is 1. The molecule has 2 fully saturated rings. The van der Waals surface area contributed by atoms with E-state index in [4.69, 9.17) is 9.97 Å². The maximum Gasteiger partial charge on any atom is 0.269 e. The number of carbonyl (C=O) groups is 1. The van der Waals surface area contributed by atoms with Crippen LogP contribution in [0.4, 0.5) is 11.5 Å². The summed E-state index contributed by atoms with van der Waals surface area (Å²) in [6, 6.07) is 5.87. The molecule has 1 aliphatic heterocycles. The van der Waals surface area contributed by atoms with E-state index < -0.39 is 4.92 Å². The lowest BCUT2D eigenvalue weighted by atomic mass is 9.89. The summed E-state index contributed by atoms with van der Waals surface area (Å²) < 4.78 is 0. The quantitative estimate of drug-likeness (QED) is 0.404. The van der Waals surface area contributed by atoms with Crippen LogP contribution < -0.4 is 4.90 Å². The number of amides is 1. The summed E-state index contributed by atoms with van der Waals surface area (Å²) in [4.78, 5) is 40.3. The molecule has 3 aliphatic rings. The highest BCUT2D eigenvalue weighted by Crippen LogP contribution is 2.44. The first-order valence-electron chi connectivity index (χ1n) is 12.1. The van der Waals surface area contributed by atoms with Gasteiger partial charge in [-0.2, -0.15) is 0 Å². The average Bonchev–Trinajstić information content (AvgIpc) is 3.64. The van der Waals surface area contributed by atoms with Crippen LogP contribution in [0.3, 0.4) is 0 Å². The number of non-ortho nitro benzene ring substituents is 1. The zero-order valence-electron chi connectivity index (χ0n) is 19.2. The molecule has 2 aliphatic carbocycles. The van der Waals surface area contributed by atoms with Gasteiger partial charge in [0.15, 0.2) is 0 Å². The molecule has 0 N–H and O–H groups in total. The van der Waals surface area contributed by atoms with Gasteiger partial charge in [-0.05, 0) is 55.7 Å². The van der Waals surface area contributed by atoms with Crippen LogP contribution in [-0.2, 0) is 12.8 Å². The predicted molar refractivity (Wildman–Crippen MR) is 132 cm³/mol. The van der Waals surface area contributed by atoms with Gasteiger partial charge in [-0.15, -0.1) is 11.3 Å². The van der Waals surface area contributed by atoms with Gasteiger partial charge in [0, 0.05) is 54.7 Å². The van der Waals surface area contributed by atoms with Crippen molar-refractivity contribution in [2.24, 2.45) is 5.92 Å². The molecule has 1 atom stereocenters. The largest absolute Gasteiger partial charge is 0.352 e. The van der Waals surface area contributed by atoms with Crippen molar-refractivity contribution >= 4 is 39.0 Å². The molecule has 0 spiro atoms. The third-order valence-corrected chi connectivity index (χ3v) is 8.44. The smallest absolute Gasteiger partial charge is 0.269 e. The Morgan fingerprint density at radius 1 is 1.09 bits per heavy atom. The molecule has 176 valence electrons. The maximum atomic E-state index is 13.0. The number of anilines is 1. The summed E-state index contributed by atoms with van der Waals surface area (Å²) in [5.41, 5.74) is 1.93. The minimum absolute atomic E-state index is 0.00546. The fourth-order valence-corrected chi connectivity index (χ4v) is 6.51. The number of carbonyl (C=O) groups excluding carboxylic acids is 1. The highest BCUT2D eigenvalue weighted by atomic mass is 32.1. The first-order chi connectivity index (χ1) is 16.5. The molecule has 1 aromatic carbocycles. The molecule has 3 heterocycles. The van der Waals surface area contributed by atoms with Crippen LogP contribution in [0, 0.1) is 16.0 Å². The number of nitrogens with zero attached hydrogens (tertiary/aromatic N) is 5. The van der Waals surface area contributed by atoms with Gasteiger partial charge in [-0.25, -0.2) is 9.97 Å². The van der Waals surface area contributed by atoms with Crippen LogP contribution in [0.25, 0.3) is 10.2 Å². The van der Waals surface area contributed by atoms with Crippen molar-refractivity contribution < 1.29 is 9.72 Å². The Bertz CT molecular complexity index is 1280. The van der Waals surface area contributed by atoms with Crippen LogP contribution in [0.1, 0.15) is 58.7 Å². The van der Waals surface area contributed by atoms with Crippen molar-refractivity contribution in [1.29, 1.82) is 0 Å². The molecule has 1 unspecified atom stereocenters. The van der Waals surface area contributed by atoms with Gasteiger partial charge < -0.3 is 9.80 Å². The zero-order valence-corrected chi connectivity index (χ0v) is 20.0. The number of rotatable bonds is 4. The first-order valence-corrected chi connectivity index (χ1v) is 12.9. The molecule has 3 aromatic rings. The number of hydrogen-bond donors (Lipinski definition) is 0. The standard InChI is InChI=1S/C25H27N5O3S/c1-15-2-9-19-20(14-15)34-24-21(19)23(26-22(27-24)16-3-4-16)28-10-12-29(13-11-28)25(31)17-5-7-18(8-6-17)30(32)33/h5-8,15-16H,2-4,9-14H2,1H3. The fourth-order valence-electron chi connectivity index (χ4n) is 5.12. The van der Waals surface area contributed by atoms with E-state index in [2.05, 4.69) is 11.8 Å². The molecular weight excluding hydrogens is 450 g/mol. The first kappa shape index (κ1) is 21.5. The van der Waals surface area contributed by atoms with E-state index in [9.17, 15) is 14.9 Å². The van der Waals surface area contributed by atoms with E-state index in [1.165, 1.54) is 47.2 Å². The van der Waals surface area contributed by atoms with Crippen LogP contribution in [0.15, 0.2) is 24.3 Å². The number of fused-ring (bicyclic) bond motifs is 3. The topological polar surface area (TPSA) is 92.5 Å². The molecule has 8 nitrogen and oxygen atoms in total. The number of thiophene rings is 1. The van der Waals surface area contributed by atoms with Crippen molar-refractivity contribution in [3.05, 3.63) is 56.2 Å². The van der Waals surface area contributed by atoms with Gasteiger partial charge in [-0.3, -0.25) is 14.9 Å². The summed E-state index contributed by atoms with van der Waals surface area (Å²) in [6.45, 7) is 4.97. The minimum Gasteiger partial charge on any atom is -0.352 e. The van der Waals surface area contributed by atoms with Crippen molar-refractivity contribution in [2.75, 3.05) is 31.1 Å². The van der Waals surface area contributed by atoms with Crippen molar-refractivity contribution in [3.8, 4) is 0 Å². The Labute approximate surface area is 201 Å². The third-order valence-electron chi connectivity index (χ3n) is 7.29. The van der Waals surface area contributed by atoms with Gasteiger partial charge in [0.1, 0.15) is 16.5 Å². The van der Waals surface area contributed by atoms with Gasteiger partial charge in [0.25, 0.3) is 11.6 Å². The molecule has 34 heavy (non-hydrogen) atoms. The van der Waals surface area contributed by atoms with Crippen LogP contribution in [0.5, 0.6) is 0 Å². The second kappa shape index (κ2) is 8.30. The molecule has 6 rings (SSSR count).